The maximum absolute atomic E-state index is 13.6. The lowest BCUT2D eigenvalue weighted by Gasteiger charge is -2.30. The number of nitrogens with zero attached hydrogens (tertiary/aromatic N) is 2. The number of halogens is 3. The van der Waals surface area contributed by atoms with Crippen LogP contribution in [0.5, 0.6) is 0 Å². The van der Waals surface area contributed by atoms with E-state index in [1.54, 1.807) is 41.7 Å². The van der Waals surface area contributed by atoms with Gasteiger partial charge in [0.05, 0.1) is 23.2 Å². The number of nitrogens with one attached hydrogen (secondary N) is 1. The first-order valence-electron chi connectivity index (χ1n) is 12.7. The molecule has 0 spiro atoms. The molecule has 1 aliphatic heterocycles. The topological polar surface area (TPSA) is 86.3 Å². The molecule has 1 fully saturated rings. The molecule has 0 bridgehead atoms. The number of allylic oxidation sites excluding steroid dienone is 2. The molecule has 10 heteroatoms. The number of fused-ring (bicyclic) bond motifs is 1. The van der Waals surface area contributed by atoms with Crippen LogP contribution in [0.15, 0.2) is 46.6 Å². The summed E-state index contributed by atoms with van der Waals surface area (Å²) in [5.41, 5.74) is 2.78. The molecule has 38 heavy (non-hydrogen) atoms. The molecule has 0 saturated heterocycles. The summed E-state index contributed by atoms with van der Waals surface area (Å²) in [6.45, 7) is 0.414. The van der Waals surface area contributed by atoms with Gasteiger partial charge in [0.25, 0.3) is 17.4 Å². The molecule has 3 aliphatic rings. The molecule has 6 nitrogen and oxygen atoms in total. The first-order valence-corrected chi connectivity index (χ1v) is 13.9. The molecule has 2 N–H and O–H groups in total. The van der Waals surface area contributed by atoms with E-state index in [2.05, 4.69) is 11.1 Å². The Hall–Kier alpha value is -2.88. The smallest absolute Gasteiger partial charge is 0.256 e. The number of hydrogen-bond acceptors (Lipinski definition) is 5. The molecule has 3 heterocycles. The van der Waals surface area contributed by atoms with Gasteiger partial charge in [-0.25, -0.2) is 13.8 Å². The van der Waals surface area contributed by atoms with E-state index in [1.165, 1.54) is 4.90 Å². The molecular weight excluding hydrogens is 532 g/mol. The Balaban J connectivity index is 1.22. The molecule has 1 unspecified atom stereocenters. The van der Waals surface area contributed by atoms with E-state index in [0.29, 0.717) is 47.1 Å². The molecule has 0 radical (unpaired) electrons. The number of aromatic nitrogens is 2. The van der Waals surface area contributed by atoms with Crippen molar-refractivity contribution in [1.29, 1.82) is 0 Å². The standard InChI is InChI=1S/C28H26ClF2N3O3S/c29-19-3-1-2-17(12-19)23(35)25(37)34-11-6-21-20(14-34)24(36)33-26(32-21)27(9-10-27)22-13-18(15-38-22)16-4-7-28(30,31)8-5-16/h1-4,12-13,15,23,35H,5-11,14H2,(H,32,33,36). The van der Waals surface area contributed by atoms with Gasteiger partial charge in [0.1, 0.15) is 5.82 Å². The Kier molecular flexibility index (Phi) is 6.28. The van der Waals surface area contributed by atoms with E-state index >= 15 is 0 Å². The van der Waals surface area contributed by atoms with Crippen molar-refractivity contribution < 1.29 is 18.7 Å². The van der Waals surface area contributed by atoms with Crippen molar-refractivity contribution in [3.63, 3.8) is 0 Å². The molecular formula is C28H26ClF2N3O3S. The fraction of sp³-hybridized carbons (Fsp3) is 0.393. The van der Waals surface area contributed by atoms with Gasteiger partial charge in [-0.05, 0) is 59.5 Å². The predicted molar refractivity (Wildman–Crippen MR) is 141 cm³/mol. The molecule has 198 valence electrons. The van der Waals surface area contributed by atoms with Crippen LogP contribution in [0.1, 0.15) is 71.3 Å². The molecule has 2 aromatic heterocycles. The summed E-state index contributed by atoms with van der Waals surface area (Å²) >= 11 is 7.58. The number of thiophene rings is 1. The number of aliphatic hydroxyl groups is 1. The van der Waals surface area contributed by atoms with Crippen molar-refractivity contribution in [3.05, 3.63) is 90.3 Å². The number of hydrogen-bond donors (Lipinski definition) is 2. The van der Waals surface area contributed by atoms with Crippen LogP contribution in [0.3, 0.4) is 0 Å². The largest absolute Gasteiger partial charge is 0.378 e. The second-order valence-electron chi connectivity index (χ2n) is 10.4. The van der Waals surface area contributed by atoms with Crippen molar-refractivity contribution in [1.82, 2.24) is 14.9 Å². The van der Waals surface area contributed by atoms with E-state index in [-0.39, 0.29) is 30.4 Å². The van der Waals surface area contributed by atoms with Crippen LogP contribution in [-0.2, 0) is 23.2 Å². The van der Waals surface area contributed by atoms with Gasteiger partial charge < -0.3 is 15.0 Å². The van der Waals surface area contributed by atoms with Gasteiger partial charge in [-0.2, -0.15) is 0 Å². The van der Waals surface area contributed by atoms with Crippen molar-refractivity contribution >= 4 is 34.4 Å². The molecule has 2 aliphatic carbocycles. The van der Waals surface area contributed by atoms with Crippen LogP contribution in [0.25, 0.3) is 5.57 Å². The summed E-state index contributed by atoms with van der Waals surface area (Å²) in [4.78, 5) is 36.5. The third-order valence-corrected chi connectivity index (χ3v) is 9.20. The number of H-pyrrole nitrogens is 1. The molecule has 1 amide bonds. The van der Waals surface area contributed by atoms with Crippen molar-refractivity contribution in [2.24, 2.45) is 0 Å². The number of carbonyl (C=O) groups excluding carboxylic acids is 1. The normalized spacial score (nSPS) is 20.4. The molecule has 6 rings (SSSR count). The number of aromatic amines is 1. The van der Waals surface area contributed by atoms with Gasteiger partial charge in [0.15, 0.2) is 6.10 Å². The number of carbonyl (C=O) groups is 1. The molecule has 1 saturated carbocycles. The Bertz CT molecular complexity index is 1510. The van der Waals surface area contributed by atoms with Crippen LogP contribution in [-0.4, -0.2) is 38.3 Å². The Morgan fingerprint density at radius 2 is 2.03 bits per heavy atom. The summed E-state index contributed by atoms with van der Waals surface area (Å²) in [7, 11) is 0. The lowest BCUT2D eigenvalue weighted by molar-refractivity contribution is -0.141. The minimum Gasteiger partial charge on any atom is -0.378 e. The van der Waals surface area contributed by atoms with Gasteiger partial charge in [-0.15, -0.1) is 11.3 Å². The van der Waals surface area contributed by atoms with Crippen molar-refractivity contribution in [3.8, 4) is 0 Å². The number of benzene rings is 1. The summed E-state index contributed by atoms with van der Waals surface area (Å²) in [6.07, 6.45) is 2.38. The van der Waals surface area contributed by atoms with Gasteiger partial charge >= 0.3 is 0 Å². The molecule has 1 atom stereocenters. The summed E-state index contributed by atoms with van der Waals surface area (Å²) < 4.78 is 27.1. The summed E-state index contributed by atoms with van der Waals surface area (Å²) in [5, 5.41) is 13.0. The van der Waals surface area contributed by atoms with E-state index in [1.807, 2.05) is 5.38 Å². The van der Waals surface area contributed by atoms with Gasteiger partial charge in [0.2, 0.25) is 0 Å². The number of alkyl halides is 2. The van der Waals surface area contributed by atoms with Gasteiger partial charge in [0, 0.05) is 35.7 Å². The quantitative estimate of drug-likeness (QED) is 0.441. The first kappa shape index (κ1) is 25.4. The predicted octanol–water partition coefficient (Wildman–Crippen LogP) is 5.39. The highest BCUT2D eigenvalue weighted by Crippen LogP contribution is 2.54. The van der Waals surface area contributed by atoms with Gasteiger partial charge in [-0.1, -0.05) is 29.8 Å². The first-order chi connectivity index (χ1) is 18.1. The highest BCUT2D eigenvalue weighted by molar-refractivity contribution is 7.10. The number of rotatable bonds is 5. The second-order valence-corrected chi connectivity index (χ2v) is 11.7. The highest BCUT2D eigenvalue weighted by atomic mass is 35.5. The average Bonchev–Trinajstić information content (AvgIpc) is 3.57. The minimum atomic E-state index is -2.62. The lowest BCUT2D eigenvalue weighted by Crippen LogP contribution is -2.42. The second kappa shape index (κ2) is 9.39. The Morgan fingerprint density at radius 3 is 2.74 bits per heavy atom. The van der Waals surface area contributed by atoms with E-state index in [4.69, 9.17) is 16.6 Å². The van der Waals surface area contributed by atoms with Crippen LogP contribution in [0.4, 0.5) is 8.78 Å². The minimum absolute atomic E-state index is 0.0728. The van der Waals surface area contributed by atoms with Crippen molar-refractivity contribution in [2.45, 2.75) is 62.5 Å². The van der Waals surface area contributed by atoms with Crippen molar-refractivity contribution in [2.75, 3.05) is 6.54 Å². The fourth-order valence-electron chi connectivity index (χ4n) is 5.37. The van der Waals surface area contributed by atoms with Crippen LogP contribution in [0.2, 0.25) is 5.02 Å². The van der Waals surface area contributed by atoms with Crippen LogP contribution < -0.4 is 5.56 Å². The molecule has 3 aromatic rings. The monoisotopic (exact) mass is 557 g/mol. The number of amides is 1. The van der Waals surface area contributed by atoms with Crippen LogP contribution >= 0.6 is 22.9 Å². The zero-order valence-corrected chi connectivity index (χ0v) is 22.0. The lowest BCUT2D eigenvalue weighted by atomic mass is 9.92. The maximum Gasteiger partial charge on any atom is 0.256 e. The zero-order valence-electron chi connectivity index (χ0n) is 20.5. The zero-order chi connectivity index (χ0) is 26.7. The third kappa shape index (κ3) is 4.61. The Labute approximate surface area is 227 Å². The SMILES string of the molecule is O=C(C(O)c1cccc(Cl)c1)N1CCc2nc(C3(c4cc(C5=CCC(F)(F)CC5)cs4)CC3)[nH]c(=O)c2C1. The average molecular weight is 558 g/mol. The Morgan fingerprint density at radius 1 is 1.21 bits per heavy atom. The number of aliphatic hydroxyl groups excluding tert-OH is 1. The summed E-state index contributed by atoms with van der Waals surface area (Å²) in [5.74, 6) is -2.49. The van der Waals surface area contributed by atoms with Gasteiger partial charge in [-0.3, -0.25) is 9.59 Å². The van der Waals surface area contributed by atoms with E-state index in [9.17, 15) is 23.5 Å². The molecule has 1 aromatic carbocycles. The fourth-order valence-corrected chi connectivity index (χ4v) is 6.76. The van der Waals surface area contributed by atoms with E-state index in [0.717, 1.165) is 28.9 Å². The third-order valence-electron chi connectivity index (χ3n) is 7.83. The van der Waals surface area contributed by atoms with E-state index < -0.39 is 17.9 Å². The summed E-state index contributed by atoms with van der Waals surface area (Å²) in [6, 6.07) is 8.58. The maximum atomic E-state index is 13.6. The highest BCUT2D eigenvalue weighted by Gasteiger charge is 2.50. The van der Waals surface area contributed by atoms with Crippen LogP contribution in [0, 0.1) is 0 Å².